The zero-order valence-corrected chi connectivity index (χ0v) is 19.1. The van der Waals surface area contributed by atoms with Crippen molar-refractivity contribution in [2.45, 2.75) is 37.8 Å². The Bertz CT molecular complexity index is 1370. The molecule has 4 rings (SSSR count). The number of rotatable bonds is 6. The maximum atomic E-state index is 13.3. The van der Waals surface area contributed by atoms with Crippen LogP contribution in [0.15, 0.2) is 64.2 Å². The lowest BCUT2D eigenvalue weighted by Gasteiger charge is -2.16. The van der Waals surface area contributed by atoms with Gasteiger partial charge in [-0.3, -0.25) is 4.79 Å². The first-order valence-corrected chi connectivity index (χ1v) is 12.1. The second-order valence-corrected chi connectivity index (χ2v) is 10.0. The fourth-order valence-electron chi connectivity index (χ4n) is 3.50. The van der Waals surface area contributed by atoms with Gasteiger partial charge in [0.2, 0.25) is 0 Å². The molecule has 1 atom stereocenters. The zero-order valence-electron chi connectivity index (χ0n) is 18.2. The molecule has 0 spiro atoms. The van der Waals surface area contributed by atoms with Gasteiger partial charge in [-0.1, -0.05) is 12.1 Å². The molecule has 0 saturated heterocycles. The van der Waals surface area contributed by atoms with Gasteiger partial charge in [-0.05, 0) is 56.7 Å². The third-order valence-electron chi connectivity index (χ3n) is 5.23. The van der Waals surface area contributed by atoms with Gasteiger partial charge in [0.1, 0.15) is 5.69 Å². The molecule has 0 aliphatic rings. The predicted molar refractivity (Wildman–Crippen MR) is 121 cm³/mol. The van der Waals surface area contributed by atoms with Crippen molar-refractivity contribution in [1.82, 2.24) is 20.1 Å². The van der Waals surface area contributed by atoms with E-state index in [2.05, 4.69) is 15.4 Å². The third-order valence-corrected chi connectivity index (χ3v) is 6.36. The summed E-state index contributed by atoms with van der Waals surface area (Å²) in [5.41, 5.74) is 2.37. The number of carbonyl (C=O) groups excluding carboxylic acids is 1. The van der Waals surface area contributed by atoms with Crippen LogP contribution in [0.3, 0.4) is 0 Å². The number of nitrogens with one attached hydrogen (secondary N) is 1. The van der Waals surface area contributed by atoms with Gasteiger partial charge in [0.05, 0.1) is 34.3 Å². The van der Waals surface area contributed by atoms with Gasteiger partial charge in [0.25, 0.3) is 5.91 Å². The number of aromatic nitrogens is 3. The van der Waals surface area contributed by atoms with Crippen LogP contribution < -0.4 is 5.32 Å². The Labute approximate surface area is 186 Å². The van der Waals surface area contributed by atoms with Gasteiger partial charge >= 0.3 is 0 Å². The van der Waals surface area contributed by atoms with Crippen molar-refractivity contribution in [2.24, 2.45) is 0 Å². The number of sulfone groups is 1. The summed E-state index contributed by atoms with van der Waals surface area (Å²) in [5, 5.41) is 8.05. The number of fused-ring (bicyclic) bond motifs is 1. The van der Waals surface area contributed by atoms with Crippen LogP contribution in [0.4, 0.5) is 0 Å². The number of benzene rings is 1. The molecule has 1 N–H and O–H groups in total. The van der Waals surface area contributed by atoms with Crippen LogP contribution >= 0.6 is 0 Å². The Kier molecular flexibility index (Phi) is 5.60. The number of nitrogens with zero attached hydrogens (tertiary/aromatic N) is 3. The molecular formula is C23H24N4O4S. The Balaban J connectivity index is 1.70. The molecule has 0 aliphatic carbocycles. The largest absolute Gasteiger partial charge is 0.463 e. The summed E-state index contributed by atoms with van der Waals surface area (Å²) in [4.78, 5) is 18.2. The van der Waals surface area contributed by atoms with Crippen LogP contribution in [0.1, 0.15) is 48.8 Å². The minimum absolute atomic E-state index is 0.0649. The molecule has 166 valence electrons. The first-order valence-electron chi connectivity index (χ1n) is 10.2. The van der Waals surface area contributed by atoms with Crippen LogP contribution in [0.5, 0.6) is 0 Å². The van der Waals surface area contributed by atoms with E-state index < -0.39 is 9.84 Å². The summed E-state index contributed by atoms with van der Waals surface area (Å²) in [7, 11) is -3.28. The van der Waals surface area contributed by atoms with Crippen molar-refractivity contribution in [3.05, 3.63) is 66.1 Å². The van der Waals surface area contributed by atoms with E-state index in [-0.39, 0.29) is 22.9 Å². The molecule has 1 amide bonds. The molecule has 0 saturated carbocycles. The summed E-state index contributed by atoms with van der Waals surface area (Å²) in [5.74, 6) is 0.273. The van der Waals surface area contributed by atoms with Crippen molar-refractivity contribution in [2.75, 3.05) is 6.26 Å². The molecule has 0 fully saturated rings. The van der Waals surface area contributed by atoms with Gasteiger partial charge in [-0.15, -0.1) is 0 Å². The first-order chi connectivity index (χ1) is 15.1. The van der Waals surface area contributed by atoms with Gasteiger partial charge < -0.3 is 9.73 Å². The Morgan fingerprint density at radius 3 is 2.44 bits per heavy atom. The lowest BCUT2D eigenvalue weighted by atomic mass is 10.1. The second kappa shape index (κ2) is 8.23. The molecule has 3 heterocycles. The van der Waals surface area contributed by atoms with E-state index in [9.17, 15) is 13.2 Å². The molecule has 0 radical (unpaired) electrons. The van der Waals surface area contributed by atoms with Gasteiger partial charge in [-0.2, -0.15) is 5.10 Å². The number of pyridine rings is 1. The highest BCUT2D eigenvalue weighted by molar-refractivity contribution is 7.90. The first kappa shape index (κ1) is 21.8. The Hall–Kier alpha value is -3.46. The maximum Gasteiger partial charge on any atom is 0.252 e. The molecule has 1 unspecified atom stereocenters. The summed E-state index contributed by atoms with van der Waals surface area (Å²) in [6.07, 6.45) is 4.37. The van der Waals surface area contributed by atoms with Crippen LogP contribution in [-0.4, -0.2) is 35.3 Å². The highest BCUT2D eigenvalue weighted by atomic mass is 32.2. The lowest BCUT2D eigenvalue weighted by molar-refractivity contribution is 0.0941. The second-order valence-electron chi connectivity index (χ2n) is 7.99. The van der Waals surface area contributed by atoms with Crippen LogP contribution in [0, 0.1) is 0 Å². The highest BCUT2D eigenvalue weighted by Gasteiger charge is 2.21. The van der Waals surface area contributed by atoms with Gasteiger partial charge in [0.15, 0.2) is 21.2 Å². The molecule has 3 aromatic heterocycles. The van der Waals surface area contributed by atoms with E-state index in [1.807, 2.05) is 20.8 Å². The van der Waals surface area contributed by atoms with Crippen molar-refractivity contribution in [3.63, 3.8) is 0 Å². The van der Waals surface area contributed by atoms with Crippen molar-refractivity contribution in [1.29, 1.82) is 0 Å². The number of hydrogen-bond donors (Lipinski definition) is 1. The predicted octanol–water partition coefficient (Wildman–Crippen LogP) is 4.17. The Morgan fingerprint density at radius 2 is 1.84 bits per heavy atom. The normalized spacial score (nSPS) is 12.9. The average Bonchev–Trinajstić information content (AvgIpc) is 3.42. The SMILES string of the molecule is CC(NC(=O)c1cc(-c2ccco2)nc2c1cnn2C(C)C)c1ccc(S(C)(=O)=O)cc1. The molecule has 1 aromatic carbocycles. The van der Waals surface area contributed by atoms with E-state index in [0.29, 0.717) is 28.1 Å². The summed E-state index contributed by atoms with van der Waals surface area (Å²) in [6, 6.07) is 11.5. The summed E-state index contributed by atoms with van der Waals surface area (Å²) in [6.45, 7) is 5.84. The van der Waals surface area contributed by atoms with Crippen molar-refractivity contribution < 1.29 is 17.6 Å². The minimum atomic E-state index is -3.28. The standard InChI is InChI=1S/C23H24N4O4S/c1-14(2)27-22-19(13-24-27)18(12-20(26-22)21-6-5-11-31-21)23(28)25-15(3)16-7-9-17(10-8-16)32(4,29)30/h5-15H,1-4H3,(H,25,28). The quantitative estimate of drug-likeness (QED) is 0.471. The molecule has 8 nitrogen and oxygen atoms in total. The van der Waals surface area contributed by atoms with E-state index >= 15 is 0 Å². The van der Waals surface area contributed by atoms with Crippen LogP contribution in [0.25, 0.3) is 22.5 Å². The Morgan fingerprint density at radius 1 is 1.12 bits per heavy atom. The van der Waals surface area contributed by atoms with Crippen LogP contribution in [0.2, 0.25) is 0 Å². The van der Waals surface area contributed by atoms with Crippen molar-refractivity contribution in [3.8, 4) is 11.5 Å². The average molecular weight is 453 g/mol. The van der Waals surface area contributed by atoms with Gasteiger partial charge in [-0.25, -0.2) is 18.1 Å². The molecule has 0 aliphatic heterocycles. The van der Waals surface area contributed by atoms with E-state index in [4.69, 9.17) is 4.42 Å². The fraction of sp³-hybridized carbons (Fsp3) is 0.261. The molecular weight excluding hydrogens is 428 g/mol. The topological polar surface area (TPSA) is 107 Å². The van der Waals surface area contributed by atoms with Crippen LogP contribution in [-0.2, 0) is 9.84 Å². The summed E-state index contributed by atoms with van der Waals surface area (Å²) < 4.78 is 30.6. The van der Waals surface area contributed by atoms with E-state index in [0.717, 1.165) is 11.8 Å². The lowest BCUT2D eigenvalue weighted by Crippen LogP contribution is -2.27. The summed E-state index contributed by atoms with van der Waals surface area (Å²) >= 11 is 0. The van der Waals surface area contributed by atoms with E-state index in [1.165, 1.54) is 0 Å². The number of hydrogen-bond acceptors (Lipinski definition) is 6. The highest BCUT2D eigenvalue weighted by Crippen LogP contribution is 2.27. The molecule has 0 bridgehead atoms. The third kappa shape index (κ3) is 4.16. The number of amides is 1. The molecule has 9 heteroatoms. The monoisotopic (exact) mass is 452 g/mol. The molecule has 32 heavy (non-hydrogen) atoms. The van der Waals surface area contributed by atoms with Gasteiger partial charge in [0, 0.05) is 12.3 Å². The maximum absolute atomic E-state index is 13.3. The minimum Gasteiger partial charge on any atom is -0.463 e. The fourth-order valence-corrected chi connectivity index (χ4v) is 4.13. The van der Waals surface area contributed by atoms with Crippen molar-refractivity contribution >= 4 is 26.8 Å². The molecule has 4 aromatic rings. The van der Waals surface area contributed by atoms with E-state index in [1.54, 1.807) is 59.6 Å². The smallest absolute Gasteiger partial charge is 0.252 e. The number of furan rings is 1. The number of carbonyl (C=O) groups is 1. The zero-order chi connectivity index (χ0) is 23.0.